The Hall–Kier alpha value is -1.75. The van der Waals surface area contributed by atoms with Crippen molar-refractivity contribution < 1.29 is 19.4 Å². The monoisotopic (exact) mass is 293 g/mol. The predicted octanol–water partition coefficient (Wildman–Crippen LogP) is 2.08. The van der Waals surface area contributed by atoms with E-state index in [4.69, 9.17) is 14.6 Å². The van der Waals surface area contributed by atoms with E-state index >= 15 is 0 Å². The molecule has 0 aliphatic carbocycles. The quantitative estimate of drug-likeness (QED) is 0.872. The van der Waals surface area contributed by atoms with Gasteiger partial charge < -0.3 is 19.5 Å². The van der Waals surface area contributed by atoms with E-state index < -0.39 is 0 Å². The van der Waals surface area contributed by atoms with Gasteiger partial charge in [0.05, 0.1) is 14.2 Å². The molecular formula is C16H23NO4. The van der Waals surface area contributed by atoms with Crippen LogP contribution in [0, 0.1) is 0 Å². The maximum atomic E-state index is 12.7. The highest BCUT2D eigenvalue weighted by atomic mass is 16.5. The summed E-state index contributed by atoms with van der Waals surface area (Å²) in [5.74, 6) is 1.21. The van der Waals surface area contributed by atoms with Crippen molar-refractivity contribution in [2.75, 3.05) is 27.4 Å². The lowest BCUT2D eigenvalue weighted by molar-refractivity contribution is 0.0724. The molecule has 0 bridgehead atoms. The zero-order valence-electron chi connectivity index (χ0n) is 12.7. The molecule has 1 amide bonds. The molecule has 1 atom stereocenters. The number of carbonyl (C=O) groups is 1. The normalized spacial score (nSPS) is 17.9. The summed E-state index contributed by atoms with van der Waals surface area (Å²) < 4.78 is 10.4. The van der Waals surface area contributed by atoms with Crippen LogP contribution in [0.25, 0.3) is 0 Å². The Labute approximate surface area is 125 Å². The van der Waals surface area contributed by atoms with Gasteiger partial charge in [-0.25, -0.2) is 0 Å². The maximum absolute atomic E-state index is 12.7. The fourth-order valence-electron chi connectivity index (χ4n) is 2.87. The van der Waals surface area contributed by atoms with Crippen molar-refractivity contribution in [3.63, 3.8) is 0 Å². The lowest BCUT2D eigenvalue weighted by atomic mass is 10.1. The van der Waals surface area contributed by atoms with Gasteiger partial charge in [-0.2, -0.15) is 0 Å². The number of carbonyl (C=O) groups excluding carboxylic acids is 1. The molecule has 1 aliphatic heterocycles. The van der Waals surface area contributed by atoms with E-state index in [-0.39, 0.29) is 18.6 Å². The van der Waals surface area contributed by atoms with Gasteiger partial charge in [0, 0.05) is 24.8 Å². The Bertz CT molecular complexity index is 489. The first-order valence-corrected chi connectivity index (χ1v) is 7.35. The second kappa shape index (κ2) is 7.31. The van der Waals surface area contributed by atoms with Crippen LogP contribution >= 0.6 is 0 Å². The molecule has 0 aromatic heterocycles. The molecule has 0 spiro atoms. The van der Waals surface area contributed by atoms with E-state index in [9.17, 15) is 4.79 Å². The first-order valence-electron chi connectivity index (χ1n) is 7.35. The van der Waals surface area contributed by atoms with Gasteiger partial charge >= 0.3 is 0 Å². The van der Waals surface area contributed by atoms with Crippen molar-refractivity contribution in [2.24, 2.45) is 0 Å². The lowest BCUT2D eigenvalue weighted by Gasteiger charge is -2.25. The van der Waals surface area contributed by atoms with E-state index in [1.54, 1.807) is 32.4 Å². The minimum Gasteiger partial charge on any atom is -0.493 e. The average Bonchev–Trinajstić information content (AvgIpc) is 2.99. The number of benzene rings is 1. The van der Waals surface area contributed by atoms with Crippen LogP contribution in [0.2, 0.25) is 0 Å². The van der Waals surface area contributed by atoms with Gasteiger partial charge in [-0.05, 0) is 43.9 Å². The Morgan fingerprint density at radius 1 is 1.33 bits per heavy atom. The summed E-state index contributed by atoms with van der Waals surface area (Å²) in [6, 6.07) is 5.48. The number of likely N-dealkylation sites (tertiary alicyclic amines) is 1. The largest absolute Gasteiger partial charge is 0.493 e. The number of hydrogen-bond donors (Lipinski definition) is 1. The number of aliphatic hydroxyl groups excluding tert-OH is 1. The minimum atomic E-state index is 0.0244. The second-order valence-electron chi connectivity index (χ2n) is 5.23. The summed E-state index contributed by atoms with van der Waals surface area (Å²) in [5, 5.41) is 8.96. The topological polar surface area (TPSA) is 59.0 Å². The van der Waals surface area contributed by atoms with E-state index in [0.29, 0.717) is 17.1 Å². The maximum Gasteiger partial charge on any atom is 0.254 e. The fraction of sp³-hybridized carbons (Fsp3) is 0.562. The summed E-state index contributed by atoms with van der Waals surface area (Å²) in [7, 11) is 3.14. The van der Waals surface area contributed by atoms with Crippen molar-refractivity contribution in [3.05, 3.63) is 23.8 Å². The van der Waals surface area contributed by atoms with Crippen molar-refractivity contribution >= 4 is 5.91 Å². The van der Waals surface area contributed by atoms with Gasteiger partial charge in [0.2, 0.25) is 0 Å². The second-order valence-corrected chi connectivity index (χ2v) is 5.23. The lowest BCUT2D eigenvalue weighted by Crippen LogP contribution is -2.35. The standard InChI is InChI=1S/C16H23NO4/c1-20-14-8-7-12(11-15(14)21-2)16(19)17-9-3-5-13(17)6-4-10-18/h7-8,11,13,18H,3-6,9-10H2,1-2H3. The Morgan fingerprint density at radius 3 is 2.76 bits per heavy atom. The first kappa shape index (κ1) is 15.6. The Kier molecular flexibility index (Phi) is 5.44. The highest BCUT2D eigenvalue weighted by molar-refractivity contribution is 5.95. The Balaban J connectivity index is 2.15. The number of nitrogens with zero attached hydrogens (tertiary/aromatic N) is 1. The van der Waals surface area contributed by atoms with Crippen LogP contribution in [0.1, 0.15) is 36.0 Å². The number of aliphatic hydroxyl groups is 1. The van der Waals surface area contributed by atoms with E-state index in [2.05, 4.69) is 0 Å². The third kappa shape index (κ3) is 3.47. The molecular weight excluding hydrogens is 270 g/mol. The molecule has 2 rings (SSSR count). The molecule has 0 saturated carbocycles. The van der Waals surface area contributed by atoms with Gasteiger partial charge in [0.25, 0.3) is 5.91 Å². The molecule has 116 valence electrons. The molecule has 1 aliphatic rings. The van der Waals surface area contributed by atoms with Crippen LogP contribution in [0.3, 0.4) is 0 Å². The van der Waals surface area contributed by atoms with E-state index in [1.807, 2.05) is 4.90 Å². The van der Waals surface area contributed by atoms with E-state index in [0.717, 1.165) is 32.2 Å². The number of methoxy groups -OCH3 is 2. The van der Waals surface area contributed by atoms with Gasteiger partial charge in [-0.1, -0.05) is 0 Å². The SMILES string of the molecule is COc1ccc(C(=O)N2CCCC2CCCO)cc1OC. The van der Waals surface area contributed by atoms with Crippen LogP contribution < -0.4 is 9.47 Å². The highest BCUT2D eigenvalue weighted by Gasteiger charge is 2.29. The minimum absolute atomic E-state index is 0.0244. The molecule has 0 radical (unpaired) electrons. The van der Waals surface area contributed by atoms with Crippen molar-refractivity contribution in [1.29, 1.82) is 0 Å². The van der Waals surface area contributed by atoms with Crippen molar-refractivity contribution in [1.82, 2.24) is 4.90 Å². The zero-order chi connectivity index (χ0) is 15.2. The molecule has 1 unspecified atom stereocenters. The average molecular weight is 293 g/mol. The summed E-state index contributed by atoms with van der Waals surface area (Å²) in [6.45, 7) is 0.957. The predicted molar refractivity (Wildman–Crippen MR) is 79.9 cm³/mol. The van der Waals surface area contributed by atoms with Gasteiger partial charge in [-0.3, -0.25) is 4.79 Å². The van der Waals surface area contributed by atoms with Gasteiger partial charge in [0.15, 0.2) is 11.5 Å². The third-order valence-corrected chi connectivity index (χ3v) is 3.96. The van der Waals surface area contributed by atoms with E-state index in [1.165, 1.54) is 0 Å². The molecule has 1 fully saturated rings. The molecule has 5 nitrogen and oxygen atoms in total. The number of ether oxygens (including phenoxy) is 2. The number of amides is 1. The molecule has 1 saturated heterocycles. The zero-order valence-corrected chi connectivity index (χ0v) is 12.7. The van der Waals surface area contributed by atoms with Gasteiger partial charge in [-0.15, -0.1) is 0 Å². The summed E-state index contributed by atoms with van der Waals surface area (Å²) in [4.78, 5) is 14.6. The van der Waals surface area contributed by atoms with Crippen LogP contribution in [0.4, 0.5) is 0 Å². The fourth-order valence-corrected chi connectivity index (χ4v) is 2.87. The molecule has 1 N–H and O–H groups in total. The first-order chi connectivity index (χ1) is 10.2. The van der Waals surface area contributed by atoms with Crippen molar-refractivity contribution in [3.8, 4) is 11.5 Å². The van der Waals surface area contributed by atoms with Crippen molar-refractivity contribution in [2.45, 2.75) is 31.7 Å². The molecule has 5 heteroatoms. The van der Waals surface area contributed by atoms with Crippen LogP contribution in [-0.4, -0.2) is 49.3 Å². The van der Waals surface area contributed by atoms with Crippen LogP contribution in [0.15, 0.2) is 18.2 Å². The number of rotatable bonds is 6. The van der Waals surface area contributed by atoms with Gasteiger partial charge in [0.1, 0.15) is 0 Å². The summed E-state index contributed by atoms with van der Waals surface area (Å²) in [5.41, 5.74) is 0.614. The molecule has 21 heavy (non-hydrogen) atoms. The molecule has 1 heterocycles. The molecule has 1 aromatic rings. The Morgan fingerprint density at radius 2 is 2.10 bits per heavy atom. The smallest absolute Gasteiger partial charge is 0.254 e. The number of hydrogen-bond acceptors (Lipinski definition) is 4. The third-order valence-electron chi connectivity index (χ3n) is 3.96. The molecule has 1 aromatic carbocycles. The highest BCUT2D eigenvalue weighted by Crippen LogP contribution is 2.30. The summed E-state index contributed by atoms with van der Waals surface area (Å²) in [6.07, 6.45) is 3.63. The van der Waals surface area contributed by atoms with Crippen LogP contribution in [0.5, 0.6) is 11.5 Å². The summed E-state index contributed by atoms with van der Waals surface area (Å²) >= 11 is 0. The van der Waals surface area contributed by atoms with Crippen LogP contribution in [-0.2, 0) is 0 Å².